The maximum Gasteiger partial charge on any atom is 0.421 e. The Morgan fingerprint density at radius 3 is 2.26 bits per heavy atom. The van der Waals surface area contributed by atoms with Crippen LogP contribution in [0.1, 0.15) is 33.2 Å². The summed E-state index contributed by atoms with van der Waals surface area (Å²) in [5.41, 5.74) is 3.49. The van der Waals surface area contributed by atoms with Gasteiger partial charge in [-0.3, -0.25) is 19.1 Å². The summed E-state index contributed by atoms with van der Waals surface area (Å²) in [7, 11) is 0. The van der Waals surface area contributed by atoms with Crippen LogP contribution in [0.25, 0.3) is 11.1 Å². The number of carbonyl (C=O) groups excluding carboxylic acids is 2. The van der Waals surface area contributed by atoms with E-state index in [1.165, 1.54) is 0 Å². The van der Waals surface area contributed by atoms with E-state index in [2.05, 4.69) is 9.80 Å². The third-order valence-electron chi connectivity index (χ3n) is 6.39. The van der Waals surface area contributed by atoms with Gasteiger partial charge in [-0.2, -0.15) is 0 Å². The number of benzene rings is 3. The monoisotopic (exact) mass is 489 g/mol. The summed E-state index contributed by atoms with van der Waals surface area (Å²) >= 11 is 6.47. The third-order valence-corrected chi connectivity index (χ3v) is 6.70. The van der Waals surface area contributed by atoms with E-state index in [0.29, 0.717) is 34.5 Å². The predicted octanol–water partition coefficient (Wildman–Crippen LogP) is 4.46. The van der Waals surface area contributed by atoms with E-state index in [9.17, 15) is 14.4 Å². The molecule has 1 fully saturated rings. The zero-order valence-electron chi connectivity index (χ0n) is 19.2. The molecular weight excluding hydrogens is 466 g/mol. The van der Waals surface area contributed by atoms with E-state index in [0.717, 1.165) is 31.9 Å². The maximum absolute atomic E-state index is 12.9. The van der Waals surface area contributed by atoms with E-state index in [-0.39, 0.29) is 16.6 Å². The Hall–Kier alpha value is -3.68. The molecule has 178 valence electrons. The molecule has 1 saturated heterocycles. The molecule has 35 heavy (non-hydrogen) atoms. The minimum atomic E-state index is -0.484. The van der Waals surface area contributed by atoms with Crippen molar-refractivity contribution in [2.75, 3.05) is 31.1 Å². The molecule has 3 aromatic carbocycles. The molecule has 0 bridgehead atoms. The molecule has 0 spiro atoms. The second-order valence-corrected chi connectivity index (χ2v) is 9.05. The highest BCUT2D eigenvalue weighted by molar-refractivity contribution is 6.35. The van der Waals surface area contributed by atoms with Crippen molar-refractivity contribution in [1.82, 2.24) is 9.47 Å². The van der Waals surface area contributed by atoms with Crippen molar-refractivity contribution in [3.63, 3.8) is 0 Å². The molecule has 0 aliphatic carbocycles. The average Bonchev–Trinajstić information content (AvgIpc) is 3.18. The lowest BCUT2D eigenvalue weighted by Crippen LogP contribution is -2.47. The summed E-state index contributed by atoms with van der Waals surface area (Å²) in [5, 5.41) is 0.278. The quantitative estimate of drug-likeness (QED) is 0.372. The first-order valence-corrected chi connectivity index (χ1v) is 11.8. The first-order valence-electron chi connectivity index (χ1n) is 11.4. The molecule has 1 aliphatic rings. The van der Waals surface area contributed by atoms with Crippen molar-refractivity contribution in [2.45, 2.75) is 13.6 Å². The van der Waals surface area contributed by atoms with E-state index in [1.54, 1.807) is 47.9 Å². The normalized spacial score (nSPS) is 14.4. The Labute approximate surface area is 207 Å². The Balaban J connectivity index is 1.31. The molecule has 0 unspecified atom stereocenters. The van der Waals surface area contributed by atoms with Crippen LogP contribution in [0.4, 0.5) is 5.69 Å². The van der Waals surface area contributed by atoms with Crippen molar-refractivity contribution in [3.05, 3.63) is 99.0 Å². The van der Waals surface area contributed by atoms with Crippen LogP contribution in [0.15, 0.2) is 75.9 Å². The zero-order valence-corrected chi connectivity index (χ0v) is 20.0. The lowest BCUT2D eigenvalue weighted by Gasteiger charge is -2.36. The molecule has 8 heteroatoms. The fourth-order valence-corrected chi connectivity index (χ4v) is 4.63. The highest BCUT2D eigenvalue weighted by Gasteiger charge is 2.22. The van der Waals surface area contributed by atoms with Crippen LogP contribution in [0, 0.1) is 0 Å². The van der Waals surface area contributed by atoms with Crippen LogP contribution in [0.5, 0.6) is 0 Å². The summed E-state index contributed by atoms with van der Waals surface area (Å²) < 4.78 is 7.03. The summed E-state index contributed by atoms with van der Waals surface area (Å²) in [5.74, 6) is -0.654. The van der Waals surface area contributed by atoms with E-state index >= 15 is 0 Å². The number of halogens is 1. The minimum Gasteiger partial charge on any atom is -0.408 e. The van der Waals surface area contributed by atoms with Crippen LogP contribution >= 0.6 is 11.6 Å². The number of oxazole rings is 1. The molecule has 0 radical (unpaired) electrons. The second-order valence-electron chi connectivity index (χ2n) is 8.64. The van der Waals surface area contributed by atoms with Crippen molar-refractivity contribution >= 4 is 40.0 Å². The number of rotatable bonds is 6. The first-order chi connectivity index (χ1) is 16.9. The van der Waals surface area contributed by atoms with Gasteiger partial charge in [0.1, 0.15) is 0 Å². The molecule has 1 aromatic heterocycles. The Bertz CT molecular complexity index is 1450. The van der Waals surface area contributed by atoms with Crippen molar-refractivity contribution in [3.8, 4) is 0 Å². The van der Waals surface area contributed by atoms with Crippen LogP contribution in [0.2, 0.25) is 5.02 Å². The topological polar surface area (TPSA) is 75.8 Å². The van der Waals surface area contributed by atoms with Gasteiger partial charge >= 0.3 is 5.76 Å². The van der Waals surface area contributed by atoms with Gasteiger partial charge < -0.3 is 9.32 Å². The summed E-state index contributed by atoms with van der Waals surface area (Å²) in [6.45, 7) is 5.02. The maximum atomic E-state index is 12.9. The van der Waals surface area contributed by atoms with Gasteiger partial charge in [-0.05, 0) is 43.3 Å². The lowest BCUT2D eigenvalue weighted by atomic mass is 10.0. The molecule has 0 N–H and O–H groups in total. The molecule has 4 aromatic rings. The number of hydrogen-bond acceptors (Lipinski definition) is 6. The highest BCUT2D eigenvalue weighted by Crippen LogP contribution is 2.26. The number of hydrogen-bond donors (Lipinski definition) is 0. The van der Waals surface area contributed by atoms with Crippen LogP contribution in [-0.2, 0) is 6.67 Å². The number of ketones is 2. The standard InChI is InChI=1S/C27H24ClN3O4/c1-18(32)19-7-9-21(10-8-19)30-13-11-29(12-14-30)17-31-24-16-23(28)22(15-25(24)35-27(31)34)26(33)20-5-3-2-4-6-20/h2-10,15-16H,11-14,17H2,1H3. The predicted molar refractivity (Wildman–Crippen MR) is 136 cm³/mol. The van der Waals surface area contributed by atoms with Gasteiger partial charge in [0, 0.05) is 48.6 Å². The number of nitrogens with zero attached hydrogens (tertiary/aromatic N) is 3. The summed E-state index contributed by atoms with van der Waals surface area (Å²) in [6.07, 6.45) is 0. The smallest absolute Gasteiger partial charge is 0.408 e. The molecule has 7 nitrogen and oxygen atoms in total. The van der Waals surface area contributed by atoms with Crippen LogP contribution < -0.4 is 10.7 Å². The summed E-state index contributed by atoms with van der Waals surface area (Å²) in [4.78, 5) is 41.5. The number of aromatic nitrogens is 1. The first kappa shape index (κ1) is 23.1. The second kappa shape index (κ2) is 9.52. The van der Waals surface area contributed by atoms with E-state index in [4.69, 9.17) is 16.0 Å². The largest absolute Gasteiger partial charge is 0.421 e. The van der Waals surface area contributed by atoms with Crippen molar-refractivity contribution in [2.24, 2.45) is 0 Å². The van der Waals surface area contributed by atoms with Gasteiger partial charge in [-0.25, -0.2) is 4.79 Å². The molecule has 0 amide bonds. The molecule has 0 atom stereocenters. The highest BCUT2D eigenvalue weighted by atomic mass is 35.5. The van der Waals surface area contributed by atoms with E-state index < -0.39 is 5.76 Å². The fourth-order valence-electron chi connectivity index (χ4n) is 4.39. The van der Waals surface area contributed by atoms with Gasteiger partial charge in [0.05, 0.1) is 17.2 Å². The third kappa shape index (κ3) is 4.65. The van der Waals surface area contributed by atoms with Gasteiger partial charge in [0.2, 0.25) is 0 Å². The molecule has 2 heterocycles. The number of carbonyl (C=O) groups is 2. The van der Waals surface area contributed by atoms with Crippen LogP contribution in [-0.4, -0.2) is 47.2 Å². The molecule has 1 aliphatic heterocycles. The fraction of sp³-hybridized carbons (Fsp3) is 0.222. The van der Waals surface area contributed by atoms with Gasteiger partial charge in [-0.15, -0.1) is 0 Å². The lowest BCUT2D eigenvalue weighted by molar-refractivity contribution is 0.101. The molecule has 0 saturated carbocycles. The zero-order chi connectivity index (χ0) is 24.5. The Morgan fingerprint density at radius 1 is 0.914 bits per heavy atom. The van der Waals surface area contributed by atoms with E-state index in [1.807, 2.05) is 30.3 Å². The van der Waals surface area contributed by atoms with Crippen molar-refractivity contribution in [1.29, 1.82) is 0 Å². The average molecular weight is 490 g/mol. The van der Waals surface area contributed by atoms with Gasteiger partial charge in [0.25, 0.3) is 0 Å². The Kier molecular flexibility index (Phi) is 6.28. The minimum absolute atomic E-state index is 0.0517. The number of piperazine rings is 1. The molecule has 5 rings (SSSR count). The number of fused-ring (bicyclic) bond motifs is 1. The number of anilines is 1. The molecular formula is C27H24ClN3O4. The Morgan fingerprint density at radius 2 is 1.60 bits per heavy atom. The van der Waals surface area contributed by atoms with Crippen LogP contribution in [0.3, 0.4) is 0 Å². The summed E-state index contributed by atoms with van der Waals surface area (Å²) in [6, 6.07) is 19.7. The van der Waals surface area contributed by atoms with Gasteiger partial charge in [0.15, 0.2) is 17.1 Å². The SMILES string of the molecule is CC(=O)c1ccc(N2CCN(Cn3c(=O)oc4cc(C(=O)c5ccccc5)c(Cl)cc43)CC2)cc1. The van der Waals surface area contributed by atoms with Gasteiger partial charge in [-0.1, -0.05) is 41.9 Å². The van der Waals surface area contributed by atoms with Crippen molar-refractivity contribution < 1.29 is 14.0 Å². The number of Topliss-reactive ketones (excluding diaryl/α,β-unsaturated/α-hetero) is 1.